The van der Waals surface area contributed by atoms with Crippen LogP contribution in [-0.2, 0) is 4.79 Å². The van der Waals surface area contributed by atoms with E-state index < -0.39 is 0 Å². The molecule has 1 aliphatic carbocycles. The van der Waals surface area contributed by atoms with Gasteiger partial charge in [0.2, 0.25) is 5.91 Å². The molecule has 2 rings (SSSR count). The molecule has 122 valence electrons. The SMILES string of the molecule is CCC(C)(C)C(=O)NCC1(N2CCCCC2)CCCCC1. The van der Waals surface area contributed by atoms with E-state index >= 15 is 0 Å². The van der Waals surface area contributed by atoms with Crippen LogP contribution in [0.1, 0.15) is 78.6 Å². The topological polar surface area (TPSA) is 32.3 Å². The highest BCUT2D eigenvalue weighted by Gasteiger charge is 2.39. The molecule has 3 heteroatoms. The third-order valence-corrected chi connectivity index (χ3v) is 5.89. The molecule has 21 heavy (non-hydrogen) atoms. The summed E-state index contributed by atoms with van der Waals surface area (Å²) in [5.41, 5.74) is 0.00983. The molecule has 1 amide bonds. The van der Waals surface area contributed by atoms with E-state index in [9.17, 15) is 4.79 Å². The Hall–Kier alpha value is -0.570. The van der Waals surface area contributed by atoms with Gasteiger partial charge in [-0.15, -0.1) is 0 Å². The average Bonchev–Trinajstić information content (AvgIpc) is 2.54. The van der Waals surface area contributed by atoms with Crippen molar-refractivity contribution in [2.45, 2.75) is 84.1 Å². The summed E-state index contributed by atoms with van der Waals surface area (Å²) in [6, 6.07) is 0. The second-order valence-electron chi connectivity index (χ2n) is 7.75. The highest BCUT2D eigenvalue weighted by atomic mass is 16.2. The number of amides is 1. The number of nitrogens with zero attached hydrogens (tertiary/aromatic N) is 1. The zero-order chi connectivity index (χ0) is 15.3. The molecule has 1 aliphatic heterocycles. The van der Waals surface area contributed by atoms with Gasteiger partial charge in [0.25, 0.3) is 0 Å². The molecule has 2 aliphatic rings. The maximum atomic E-state index is 12.4. The van der Waals surface area contributed by atoms with Crippen LogP contribution in [0.4, 0.5) is 0 Å². The highest BCUT2D eigenvalue weighted by molar-refractivity contribution is 5.81. The smallest absolute Gasteiger partial charge is 0.225 e. The van der Waals surface area contributed by atoms with Gasteiger partial charge in [0.05, 0.1) is 0 Å². The molecule has 1 saturated heterocycles. The van der Waals surface area contributed by atoms with Gasteiger partial charge in [-0.25, -0.2) is 0 Å². The second-order valence-corrected chi connectivity index (χ2v) is 7.75. The number of rotatable bonds is 5. The van der Waals surface area contributed by atoms with Crippen LogP contribution >= 0.6 is 0 Å². The zero-order valence-electron chi connectivity index (χ0n) is 14.3. The Bertz CT molecular complexity index is 339. The summed E-state index contributed by atoms with van der Waals surface area (Å²) in [6.45, 7) is 9.52. The molecule has 2 fully saturated rings. The van der Waals surface area contributed by atoms with Crippen molar-refractivity contribution < 1.29 is 4.79 Å². The number of carbonyl (C=O) groups is 1. The maximum absolute atomic E-state index is 12.4. The quantitative estimate of drug-likeness (QED) is 0.838. The van der Waals surface area contributed by atoms with Crippen LogP contribution in [0.2, 0.25) is 0 Å². The van der Waals surface area contributed by atoms with Crippen molar-refractivity contribution in [2.75, 3.05) is 19.6 Å². The molecular formula is C18H34N2O. The van der Waals surface area contributed by atoms with Crippen molar-refractivity contribution in [3.8, 4) is 0 Å². The summed E-state index contributed by atoms with van der Waals surface area (Å²) < 4.78 is 0. The molecule has 0 aromatic carbocycles. The van der Waals surface area contributed by atoms with Gasteiger partial charge in [0.1, 0.15) is 0 Å². The fourth-order valence-electron chi connectivity index (χ4n) is 3.83. The van der Waals surface area contributed by atoms with Crippen LogP contribution in [0.5, 0.6) is 0 Å². The van der Waals surface area contributed by atoms with E-state index in [1.807, 2.05) is 0 Å². The Balaban J connectivity index is 2.01. The first-order valence-electron chi connectivity index (χ1n) is 9.04. The molecule has 0 aromatic rings. The third kappa shape index (κ3) is 4.00. The van der Waals surface area contributed by atoms with Gasteiger partial charge in [-0.05, 0) is 45.2 Å². The molecule has 1 heterocycles. The van der Waals surface area contributed by atoms with E-state index in [0.29, 0.717) is 0 Å². The summed E-state index contributed by atoms with van der Waals surface area (Å²) in [6.07, 6.45) is 11.5. The highest BCUT2D eigenvalue weighted by Crippen LogP contribution is 2.35. The lowest BCUT2D eigenvalue weighted by Crippen LogP contribution is -2.59. The monoisotopic (exact) mass is 294 g/mol. The first-order valence-corrected chi connectivity index (χ1v) is 9.04. The largest absolute Gasteiger partial charge is 0.354 e. The zero-order valence-corrected chi connectivity index (χ0v) is 14.3. The van der Waals surface area contributed by atoms with Crippen LogP contribution in [0.3, 0.4) is 0 Å². The normalized spacial score (nSPS) is 23.8. The Morgan fingerprint density at radius 1 is 1.05 bits per heavy atom. The Morgan fingerprint density at radius 2 is 1.62 bits per heavy atom. The van der Waals surface area contributed by atoms with Crippen molar-refractivity contribution in [1.29, 1.82) is 0 Å². The third-order valence-electron chi connectivity index (χ3n) is 5.89. The minimum atomic E-state index is -0.238. The lowest BCUT2D eigenvalue weighted by molar-refractivity contribution is -0.130. The minimum absolute atomic E-state index is 0.229. The van der Waals surface area contributed by atoms with Gasteiger partial charge < -0.3 is 5.32 Å². The number of nitrogens with one attached hydrogen (secondary N) is 1. The summed E-state index contributed by atoms with van der Waals surface area (Å²) in [5, 5.41) is 3.30. The molecule has 1 saturated carbocycles. The van der Waals surface area contributed by atoms with Gasteiger partial charge in [0.15, 0.2) is 0 Å². The molecule has 0 bridgehead atoms. The van der Waals surface area contributed by atoms with E-state index in [4.69, 9.17) is 0 Å². The van der Waals surface area contributed by atoms with E-state index in [1.165, 1.54) is 64.5 Å². The number of carbonyl (C=O) groups excluding carboxylic acids is 1. The molecule has 0 radical (unpaired) electrons. The predicted octanol–water partition coefficient (Wildman–Crippen LogP) is 3.73. The summed E-state index contributed by atoms with van der Waals surface area (Å²) in [4.78, 5) is 15.1. The van der Waals surface area contributed by atoms with Gasteiger partial charge >= 0.3 is 0 Å². The molecule has 1 N–H and O–H groups in total. The number of piperidine rings is 1. The number of hydrogen-bond acceptors (Lipinski definition) is 2. The van der Waals surface area contributed by atoms with Crippen molar-refractivity contribution in [2.24, 2.45) is 5.41 Å². The van der Waals surface area contributed by atoms with Gasteiger partial charge in [-0.2, -0.15) is 0 Å². The van der Waals surface area contributed by atoms with Crippen molar-refractivity contribution in [3.05, 3.63) is 0 Å². The van der Waals surface area contributed by atoms with Crippen molar-refractivity contribution >= 4 is 5.91 Å². The standard InChI is InChI=1S/C18H34N2O/c1-4-17(2,3)16(21)19-15-18(11-7-5-8-12-18)20-13-9-6-10-14-20/h4-15H2,1-3H3,(H,19,21). The average molecular weight is 294 g/mol. The molecule has 0 unspecified atom stereocenters. The van der Waals surface area contributed by atoms with Crippen LogP contribution < -0.4 is 5.32 Å². The van der Waals surface area contributed by atoms with E-state index in [2.05, 4.69) is 31.0 Å². The van der Waals surface area contributed by atoms with E-state index in [0.717, 1.165) is 13.0 Å². The van der Waals surface area contributed by atoms with E-state index in [-0.39, 0.29) is 16.9 Å². The van der Waals surface area contributed by atoms with Crippen LogP contribution in [0, 0.1) is 5.41 Å². The van der Waals surface area contributed by atoms with Gasteiger partial charge in [0, 0.05) is 17.5 Å². The summed E-state index contributed by atoms with van der Waals surface area (Å²) >= 11 is 0. The van der Waals surface area contributed by atoms with Crippen molar-refractivity contribution in [3.63, 3.8) is 0 Å². The first kappa shape index (κ1) is 16.8. The molecule has 0 atom stereocenters. The van der Waals surface area contributed by atoms with Gasteiger partial charge in [-0.3, -0.25) is 9.69 Å². The minimum Gasteiger partial charge on any atom is -0.354 e. The lowest BCUT2D eigenvalue weighted by Gasteiger charge is -2.48. The number of likely N-dealkylation sites (tertiary alicyclic amines) is 1. The molecule has 3 nitrogen and oxygen atoms in total. The van der Waals surface area contributed by atoms with Crippen molar-refractivity contribution in [1.82, 2.24) is 10.2 Å². The summed E-state index contributed by atoms with van der Waals surface area (Å²) in [7, 11) is 0. The molecule has 0 spiro atoms. The second kappa shape index (κ2) is 7.13. The number of hydrogen-bond donors (Lipinski definition) is 1. The Morgan fingerprint density at radius 3 is 2.19 bits per heavy atom. The first-order chi connectivity index (χ1) is 10.0. The van der Waals surface area contributed by atoms with Gasteiger partial charge in [-0.1, -0.05) is 46.5 Å². The predicted molar refractivity (Wildman–Crippen MR) is 88.3 cm³/mol. The summed E-state index contributed by atoms with van der Waals surface area (Å²) in [5.74, 6) is 0.229. The Kier molecular flexibility index (Phi) is 5.70. The van der Waals surface area contributed by atoms with Crippen LogP contribution in [-0.4, -0.2) is 36.0 Å². The maximum Gasteiger partial charge on any atom is 0.225 e. The van der Waals surface area contributed by atoms with E-state index in [1.54, 1.807) is 0 Å². The lowest BCUT2D eigenvalue weighted by atomic mass is 9.78. The fraction of sp³-hybridized carbons (Fsp3) is 0.944. The Labute approximate surface area is 130 Å². The molecular weight excluding hydrogens is 260 g/mol. The van der Waals surface area contributed by atoms with Crippen LogP contribution in [0.25, 0.3) is 0 Å². The fourth-order valence-corrected chi connectivity index (χ4v) is 3.83. The molecule has 0 aromatic heterocycles. The van der Waals surface area contributed by atoms with Crippen LogP contribution in [0.15, 0.2) is 0 Å².